The molecule has 0 atom stereocenters. The molecule has 1 saturated heterocycles. The minimum atomic E-state index is -0.350. The first-order valence-corrected chi connectivity index (χ1v) is 11.4. The maximum Gasteiger partial charge on any atom is 0.291 e. The second-order valence-electron chi connectivity index (χ2n) is 9.33. The van der Waals surface area contributed by atoms with Gasteiger partial charge in [0.2, 0.25) is 11.8 Å². The Morgan fingerprint density at radius 2 is 1.97 bits per heavy atom. The van der Waals surface area contributed by atoms with E-state index in [1.54, 1.807) is 13.0 Å². The molecule has 9 heteroatoms. The molecule has 2 aliphatic rings. The fraction of sp³-hybridized carbons (Fsp3) is 0.565. The zero-order valence-electron chi connectivity index (χ0n) is 18.7. The van der Waals surface area contributed by atoms with Gasteiger partial charge in [-0.05, 0) is 42.8 Å². The molecule has 0 spiro atoms. The maximum absolute atomic E-state index is 14.6. The Hall–Kier alpha value is -2.81. The lowest BCUT2D eigenvalue weighted by Crippen LogP contribution is -2.50. The predicted molar refractivity (Wildman–Crippen MR) is 117 cm³/mol. The third-order valence-electron chi connectivity index (χ3n) is 6.75. The van der Waals surface area contributed by atoms with Crippen molar-refractivity contribution in [2.45, 2.75) is 70.4 Å². The van der Waals surface area contributed by atoms with E-state index >= 15 is 0 Å². The molecule has 8 nitrogen and oxygen atoms in total. The minimum Gasteiger partial charge on any atom is -0.343 e. The smallest absolute Gasteiger partial charge is 0.291 e. The Balaban J connectivity index is 1.25. The van der Waals surface area contributed by atoms with E-state index in [1.807, 2.05) is 24.8 Å². The van der Waals surface area contributed by atoms with E-state index in [9.17, 15) is 9.18 Å². The standard InChI is InChI=1S/C23H29FN6O2/c1-13(2)20-18-5-4-6-19(24)21(18)30(27-20)23-26-22(32-28-23)15-11-17(12-15)25-16-7-9-29(10-8-16)14(3)31/h4-6,13,15-17,25H,7-12H2,1-3H3. The third kappa shape index (κ3) is 3.79. The monoisotopic (exact) mass is 440 g/mol. The minimum absolute atomic E-state index is 0.146. The molecule has 3 heterocycles. The molecule has 0 radical (unpaired) electrons. The summed E-state index contributed by atoms with van der Waals surface area (Å²) in [5.74, 6) is 1.00. The van der Waals surface area contributed by atoms with Crippen molar-refractivity contribution in [1.29, 1.82) is 0 Å². The summed E-state index contributed by atoms with van der Waals surface area (Å²) in [6.07, 6.45) is 3.84. The van der Waals surface area contributed by atoms with Gasteiger partial charge in [-0.1, -0.05) is 26.0 Å². The van der Waals surface area contributed by atoms with Crippen LogP contribution in [0.3, 0.4) is 0 Å². The van der Waals surface area contributed by atoms with E-state index in [-0.39, 0.29) is 29.5 Å². The van der Waals surface area contributed by atoms with Gasteiger partial charge in [0.25, 0.3) is 5.95 Å². The van der Waals surface area contributed by atoms with Gasteiger partial charge in [-0.15, -0.1) is 0 Å². The number of hydrogen-bond donors (Lipinski definition) is 1. The molecule has 2 aromatic heterocycles. The number of amides is 1. The lowest BCUT2D eigenvalue weighted by atomic mass is 9.79. The summed E-state index contributed by atoms with van der Waals surface area (Å²) in [5, 5.41) is 13.2. The normalized spacial score (nSPS) is 22.0. The van der Waals surface area contributed by atoms with Crippen molar-refractivity contribution >= 4 is 16.8 Å². The van der Waals surface area contributed by atoms with Gasteiger partial charge in [0, 0.05) is 43.4 Å². The fourth-order valence-corrected chi connectivity index (χ4v) is 4.85. The van der Waals surface area contributed by atoms with Gasteiger partial charge >= 0.3 is 0 Å². The van der Waals surface area contributed by atoms with Crippen molar-refractivity contribution in [2.24, 2.45) is 0 Å². The van der Waals surface area contributed by atoms with Crippen LogP contribution >= 0.6 is 0 Å². The quantitative estimate of drug-likeness (QED) is 0.653. The number of likely N-dealkylation sites (tertiary alicyclic amines) is 1. The third-order valence-corrected chi connectivity index (χ3v) is 6.75. The number of benzene rings is 1. The second kappa shape index (κ2) is 8.27. The van der Waals surface area contributed by atoms with Crippen LogP contribution in [0.25, 0.3) is 16.9 Å². The molecule has 0 unspecified atom stereocenters. The first kappa shape index (κ1) is 21.1. The van der Waals surface area contributed by atoms with Crippen molar-refractivity contribution in [2.75, 3.05) is 13.1 Å². The first-order valence-electron chi connectivity index (χ1n) is 11.4. The Morgan fingerprint density at radius 1 is 1.22 bits per heavy atom. The van der Waals surface area contributed by atoms with Gasteiger partial charge in [0.15, 0.2) is 0 Å². The Morgan fingerprint density at radius 3 is 2.66 bits per heavy atom. The summed E-state index contributed by atoms with van der Waals surface area (Å²) in [7, 11) is 0. The highest BCUT2D eigenvalue weighted by atomic mass is 19.1. The lowest BCUT2D eigenvalue weighted by molar-refractivity contribution is -0.129. The highest BCUT2D eigenvalue weighted by Crippen LogP contribution is 2.37. The largest absolute Gasteiger partial charge is 0.343 e. The van der Waals surface area contributed by atoms with Crippen LogP contribution in [0.1, 0.15) is 69.9 Å². The number of nitrogens with one attached hydrogen (secondary N) is 1. The molecule has 5 rings (SSSR count). The van der Waals surface area contributed by atoms with Gasteiger partial charge in [0.1, 0.15) is 11.3 Å². The van der Waals surface area contributed by atoms with E-state index in [4.69, 9.17) is 4.52 Å². The molecule has 1 N–H and O–H groups in total. The highest BCUT2D eigenvalue weighted by Gasteiger charge is 2.36. The summed E-state index contributed by atoms with van der Waals surface area (Å²) >= 11 is 0. The van der Waals surface area contributed by atoms with Crippen LogP contribution in [0.15, 0.2) is 22.7 Å². The van der Waals surface area contributed by atoms with Crippen molar-refractivity contribution in [3.63, 3.8) is 0 Å². The summed E-state index contributed by atoms with van der Waals surface area (Å²) in [6.45, 7) is 7.34. The average Bonchev–Trinajstić information content (AvgIpc) is 3.36. The molecule has 1 aliphatic carbocycles. The number of halogens is 1. The lowest BCUT2D eigenvalue weighted by Gasteiger charge is -2.39. The summed E-state index contributed by atoms with van der Waals surface area (Å²) in [4.78, 5) is 18.0. The molecule has 32 heavy (non-hydrogen) atoms. The Bertz CT molecular complexity index is 1120. The highest BCUT2D eigenvalue weighted by molar-refractivity contribution is 5.84. The Labute approximate surface area is 186 Å². The number of carbonyl (C=O) groups excluding carboxylic acids is 1. The molecule has 1 amide bonds. The number of fused-ring (bicyclic) bond motifs is 1. The van der Waals surface area contributed by atoms with Crippen LogP contribution in [-0.4, -0.2) is 55.9 Å². The second-order valence-corrected chi connectivity index (χ2v) is 9.33. The zero-order valence-corrected chi connectivity index (χ0v) is 18.7. The number of carbonyl (C=O) groups is 1. The fourth-order valence-electron chi connectivity index (χ4n) is 4.85. The number of aromatic nitrogens is 4. The number of piperidine rings is 1. The summed E-state index contributed by atoms with van der Waals surface area (Å²) < 4.78 is 21.6. The van der Waals surface area contributed by atoms with E-state index < -0.39 is 0 Å². The van der Waals surface area contributed by atoms with Crippen LogP contribution in [0.4, 0.5) is 4.39 Å². The molecule has 3 aromatic rings. The van der Waals surface area contributed by atoms with Crippen molar-refractivity contribution in [3.8, 4) is 5.95 Å². The Kier molecular flexibility index (Phi) is 5.44. The number of para-hydroxylation sites is 1. The van der Waals surface area contributed by atoms with E-state index in [1.165, 1.54) is 10.7 Å². The van der Waals surface area contributed by atoms with Crippen molar-refractivity contribution in [3.05, 3.63) is 35.6 Å². The van der Waals surface area contributed by atoms with Crippen LogP contribution in [0.5, 0.6) is 0 Å². The van der Waals surface area contributed by atoms with Crippen LogP contribution in [0.2, 0.25) is 0 Å². The average molecular weight is 441 g/mol. The SMILES string of the molecule is CC(=O)N1CCC(NC2CC(c3nc(-n4nc(C(C)C)c5cccc(F)c54)no3)C2)CC1. The van der Waals surface area contributed by atoms with Crippen LogP contribution < -0.4 is 5.32 Å². The predicted octanol–water partition coefficient (Wildman–Crippen LogP) is 3.52. The summed E-state index contributed by atoms with van der Waals surface area (Å²) in [5.41, 5.74) is 1.20. The van der Waals surface area contributed by atoms with Gasteiger partial charge in [0.05, 0.1) is 5.69 Å². The zero-order chi connectivity index (χ0) is 22.4. The van der Waals surface area contributed by atoms with Crippen LogP contribution in [0, 0.1) is 5.82 Å². The number of hydrogen-bond acceptors (Lipinski definition) is 6. The van der Waals surface area contributed by atoms with E-state index in [0.717, 1.165) is 49.9 Å². The van der Waals surface area contributed by atoms with Gasteiger partial charge in [-0.25, -0.2) is 4.39 Å². The molecule has 1 saturated carbocycles. The van der Waals surface area contributed by atoms with E-state index in [0.29, 0.717) is 23.5 Å². The molecule has 170 valence electrons. The van der Waals surface area contributed by atoms with Crippen molar-refractivity contribution in [1.82, 2.24) is 30.1 Å². The maximum atomic E-state index is 14.6. The molecule has 2 fully saturated rings. The molecule has 0 bridgehead atoms. The van der Waals surface area contributed by atoms with Crippen molar-refractivity contribution < 1.29 is 13.7 Å². The molecular formula is C23H29FN6O2. The van der Waals surface area contributed by atoms with Gasteiger partial charge < -0.3 is 14.7 Å². The van der Waals surface area contributed by atoms with Gasteiger partial charge in [-0.2, -0.15) is 14.8 Å². The molecule has 1 aromatic carbocycles. The van der Waals surface area contributed by atoms with E-state index in [2.05, 4.69) is 20.6 Å². The first-order chi connectivity index (χ1) is 15.4. The summed E-state index contributed by atoms with van der Waals surface area (Å²) in [6, 6.07) is 5.86. The van der Waals surface area contributed by atoms with Crippen LogP contribution in [-0.2, 0) is 4.79 Å². The number of rotatable bonds is 5. The molecule has 1 aliphatic heterocycles. The number of nitrogens with zero attached hydrogens (tertiary/aromatic N) is 5. The molecular weight excluding hydrogens is 411 g/mol. The topological polar surface area (TPSA) is 89.1 Å². The van der Waals surface area contributed by atoms with Gasteiger partial charge in [-0.3, -0.25) is 4.79 Å².